The van der Waals surface area contributed by atoms with Crippen LogP contribution in [0, 0.1) is 0 Å². The molecule has 4 heteroatoms. The monoisotopic (exact) mass is 239 g/mol. The van der Waals surface area contributed by atoms with Crippen molar-refractivity contribution in [3.05, 3.63) is 29.8 Å². The molecule has 0 bridgehead atoms. The van der Waals surface area contributed by atoms with Crippen molar-refractivity contribution in [3.63, 3.8) is 0 Å². The van der Waals surface area contributed by atoms with Crippen LogP contribution < -0.4 is 5.06 Å². The van der Waals surface area contributed by atoms with Crippen LogP contribution in [0.15, 0.2) is 24.3 Å². The van der Waals surface area contributed by atoms with E-state index >= 15 is 0 Å². The maximum absolute atomic E-state index is 11.4. The number of rotatable bonds is 0. The quantitative estimate of drug-likeness (QED) is 0.525. The number of amides is 1. The summed E-state index contributed by atoms with van der Waals surface area (Å²) in [6.07, 6.45) is 0.742. The number of carbonyl (C=O) groups is 1. The molecule has 68 valence electrons. The molecule has 1 aliphatic heterocycles. The van der Waals surface area contributed by atoms with Gasteiger partial charge in [-0.05, 0) is 0 Å². The number of benzene rings is 1. The van der Waals surface area contributed by atoms with Gasteiger partial charge in [-0.25, -0.2) is 0 Å². The fourth-order valence-corrected chi connectivity index (χ4v) is 2.32. The third kappa shape index (κ3) is 1.38. The van der Waals surface area contributed by atoms with E-state index in [1.165, 1.54) is 16.9 Å². The number of nitrogens with zero attached hydrogens (tertiary/aromatic N) is 1. The zero-order valence-corrected chi connectivity index (χ0v) is 9.40. The van der Waals surface area contributed by atoms with Crippen molar-refractivity contribution in [2.75, 3.05) is 5.06 Å². The Morgan fingerprint density at radius 1 is 1.46 bits per heavy atom. The molecular formula is C9H10AsNO2. The van der Waals surface area contributed by atoms with Crippen LogP contribution in [0.4, 0.5) is 5.69 Å². The topological polar surface area (TPSA) is 40.5 Å². The summed E-state index contributed by atoms with van der Waals surface area (Å²) in [6, 6.07) is 7.43. The Morgan fingerprint density at radius 3 is 2.92 bits per heavy atom. The van der Waals surface area contributed by atoms with E-state index in [-0.39, 0.29) is 10.6 Å². The van der Waals surface area contributed by atoms with Gasteiger partial charge >= 0.3 is 84.5 Å². The average Bonchev–Trinajstić information content (AvgIpc) is 2.15. The van der Waals surface area contributed by atoms with Gasteiger partial charge in [0.25, 0.3) is 0 Å². The van der Waals surface area contributed by atoms with Crippen molar-refractivity contribution in [2.24, 2.45) is 0 Å². The summed E-state index contributed by atoms with van der Waals surface area (Å²) in [5.74, 6) is -0.196. The normalized spacial score (nSPS) is 21.5. The van der Waals surface area contributed by atoms with Crippen LogP contribution in [0.5, 0.6) is 0 Å². The SMILES string of the molecule is O=C1C([AsH2])Cc2ccccc2N1O. The molecular weight excluding hydrogens is 229 g/mol. The first-order chi connectivity index (χ1) is 6.20. The second-order valence-electron chi connectivity index (χ2n) is 3.09. The van der Waals surface area contributed by atoms with Gasteiger partial charge in [-0.2, -0.15) is 0 Å². The standard InChI is InChI=1S/C9H10AsNO2/c10-7-5-6-3-1-2-4-8(6)11(13)9(7)12/h1-4,7,13H,5,10H2. The van der Waals surface area contributed by atoms with Crippen molar-refractivity contribution in [3.8, 4) is 0 Å². The van der Waals surface area contributed by atoms with Crippen LogP contribution in [-0.4, -0.2) is 28.0 Å². The Balaban J connectivity index is 2.49. The maximum atomic E-state index is 11.4. The van der Waals surface area contributed by atoms with Crippen LogP contribution in [0.25, 0.3) is 0 Å². The molecule has 0 spiro atoms. The van der Waals surface area contributed by atoms with E-state index in [0.29, 0.717) is 5.69 Å². The first kappa shape index (κ1) is 8.79. The van der Waals surface area contributed by atoms with Gasteiger partial charge in [0, 0.05) is 0 Å². The fourth-order valence-electron chi connectivity index (χ4n) is 1.49. The van der Waals surface area contributed by atoms with E-state index in [4.69, 9.17) is 0 Å². The predicted molar refractivity (Wildman–Crippen MR) is 51.7 cm³/mol. The number of para-hydroxylation sites is 1. The van der Waals surface area contributed by atoms with Gasteiger partial charge in [0.15, 0.2) is 0 Å². The van der Waals surface area contributed by atoms with Gasteiger partial charge in [0.05, 0.1) is 0 Å². The Hall–Kier alpha value is -0.792. The minimum atomic E-state index is -0.196. The van der Waals surface area contributed by atoms with E-state index < -0.39 is 0 Å². The molecule has 1 amide bonds. The zero-order chi connectivity index (χ0) is 9.42. The number of fused-ring (bicyclic) bond motifs is 1. The number of hydrogen-bond donors (Lipinski definition) is 1. The number of hydroxylamine groups is 1. The summed E-state index contributed by atoms with van der Waals surface area (Å²) in [5.41, 5.74) is 1.67. The third-order valence-electron chi connectivity index (χ3n) is 2.19. The summed E-state index contributed by atoms with van der Waals surface area (Å²) in [5, 5.41) is 10.3. The zero-order valence-electron chi connectivity index (χ0n) is 6.97. The van der Waals surface area contributed by atoms with Crippen molar-refractivity contribution < 1.29 is 10.0 Å². The summed E-state index contributed by atoms with van der Waals surface area (Å²) >= 11 is 1.36. The van der Waals surface area contributed by atoms with Gasteiger partial charge < -0.3 is 0 Å². The van der Waals surface area contributed by atoms with Crippen LogP contribution in [-0.2, 0) is 11.2 Å². The minimum absolute atomic E-state index is 0.0626. The van der Waals surface area contributed by atoms with Gasteiger partial charge in [-0.15, -0.1) is 0 Å². The average molecular weight is 239 g/mol. The molecule has 2 rings (SSSR count). The van der Waals surface area contributed by atoms with Crippen LogP contribution in [0.2, 0.25) is 4.71 Å². The Bertz CT molecular complexity index is 353. The molecule has 1 N–H and O–H groups in total. The first-order valence-electron chi connectivity index (χ1n) is 4.06. The van der Waals surface area contributed by atoms with Crippen molar-refractivity contribution in [1.82, 2.24) is 0 Å². The van der Waals surface area contributed by atoms with Crippen LogP contribution >= 0.6 is 0 Å². The first-order valence-corrected chi connectivity index (χ1v) is 5.46. The second-order valence-corrected chi connectivity index (χ2v) is 4.78. The molecule has 1 heterocycles. The summed E-state index contributed by atoms with van der Waals surface area (Å²) in [4.78, 5) is 11.4. The Kier molecular flexibility index (Phi) is 2.14. The van der Waals surface area contributed by atoms with E-state index in [0.717, 1.165) is 17.0 Å². The Morgan fingerprint density at radius 2 is 2.15 bits per heavy atom. The van der Waals surface area contributed by atoms with Crippen LogP contribution in [0.1, 0.15) is 5.56 Å². The van der Waals surface area contributed by atoms with E-state index in [9.17, 15) is 10.0 Å². The molecule has 0 aromatic heterocycles. The number of hydrogen-bond acceptors (Lipinski definition) is 2. The Labute approximate surface area is 84.8 Å². The predicted octanol–water partition coefficient (Wildman–Crippen LogP) is 0.387. The molecule has 2 unspecified atom stereocenters. The molecule has 3 nitrogen and oxygen atoms in total. The third-order valence-corrected chi connectivity index (χ3v) is 3.28. The molecule has 1 aromatic carbocycles. The number of anilines is 1. The van der Waals surface area contributed by atoms with Gasteiger partial charge in [0.2, 0.25) is 0 Å². The second kappa shape index (κ2) is 3.17. The molecule has 0 aliphatic carbocycles. The molecule has 0 fully saturated rings. The summed E-state index contributed by atoms with van der Waals surface area (Å²) in [6.45, 7) is 0. The molecule has 0 saturated heterocycles. The van der Waals surface area contributed by atoms with Crippen molar-refractivity contribution in [2.45, 2.75) is 11.1 Å². The molecule has 1 aromatic rings. The fraction of sp³-hybridized carbons (Fsp3) is 0.222. The molecule has 13 heavy (non-hydrogen) atoms. The van der Waals surface area contributed by atoms with Crippen LogP contribution in [0.3, 0.4) is 0 Å². The van der Waals surface area contributed by atoms with E-state index in [1.54, 1.807) is 6.07 Å². The van der Waals surface area contributed by atoms with E-state index in [2.05, 4.69) is 0 Å². The van der Waals surface area contributed by atoms with Gasteiger partial charge in [-0.3, -0.25) is 0 Å². The summed E-state index contributed by atoms with van der Waals surface area (Å²) < 4.78 is -0.0626. The number of carbonyl (C=O) groups excluding carboxylic acids is 1. The van der Waals surface area contributed by atoms with E-state index in [1.807, 2.05) is 18.2 Å². The molecule has 0 saturated carbocycles. The summed E-state index contributed by atoms with van der Waals surface area (Å²) in [7, 11) is 0. The molecule has 1 aliphatic rings. The molecule has 2 atom stereocenters. The van der Waals surface area contributed by atoms with Gasteiger partial charge in [-0.1, -0.05) is 0 Å². The van der Waals surface area contributed by atoms with Gasteiger partial charge in [0.1, 0.15) is 0 Å². The molecule has 0 radical (unpaired) electrons. The van der Waals surface area contributed by atoms with Crippen molar-refractivity contribution >= 4 is 28.4 Å². The van der Waals surface area contributed by atoms with Crippen molar-refractivity contribution in [1.29, 1.82) is 0 Å².